The third kappa shape index (κ3) is 1.67. The molecule has 1 aliphatic rings. The lowest BCUT2D eigenvalue weighted by Gasteiger charge is -2.17. The van der Waals surface area contributed by atoms with E-state index in [-0.39, 0.29) is 11.6 Å². The van der Waals surface area contributed by atoms with Crippen molar-refractivity contribution in [1.82, 2.24) is 0 Å². The van der Waals surface area contributed by atoms with Gasteiger partial charge in [-0.15, -0.1) is 0 Å². The van der Waals surface area contributed by atoms with Crippen molar-refractivity contribution in [2.24, 2.45) is 0 Å². The molecule has 0 saturated carbocycles. The Bertz CT molecular complexity index is 1490. The van der Waals surface area contributed by atoms with Gasteiger partial charge in [-0.3, -0.25) is 9.59 Å². The summed E-state index contributed by atoms with van der Waals surface area (Å²) in [6.45, 7) is 3.18. The predicted molar refractivity (Wildman–Crippen MR) is 114 cm³/mol. The van der Waals surface area contributed by atoms with E-state index in [1.807, 2.05) is 12.1 Å². The Morgan fingerprint density at radius 1 is 0.667 bits per heavy atom. The number of Topliss-reactive ketones (excluding diaryl/α,β-unsaturated/α-hetero) is 2. The van der Waals surface area contributed by atoms with Gasteiger partial charge in [0.15, 0.2) is 18.8 Å². The molecule has 0 radical (unpaired) electrons. The molecule has 0 aromatic heterocycles. The molecule has 6 rings (SSSR count). The number of benzene rings is 5. The number of fused-ring (bicyclic) bond motifs is 1. The molecule has 0 amide bonds. The average molecular weight is 346 g/mol. The van der Waals surface area contributed by atoms with Crippen molar-refractivity contribution in [2.45, 2.75) is 13.8 Å². The quantitative estimate of drug-likeness (QED) is 0.207. The van der Waals surface area contributed by atoms with E-state index < -0.39 is 0 Å². The Hall–Kier alpha value is -3.20. The standard InChI is InChI=1S/C24H15BO2/c1-11(26)14-7-8-16-15-5-3-4-13-6-9-18-23(20(13)15)24-19(25-18)10-17(12(2)27)21(14)22(16)24/h3-10,25H,1-2H3. The molecule has 0 aliphatic carbocycles. The molecule has 0 saturated heterocycles. The van der Waals surface area contributed by atoms with Crippen LogP contribution in [0.2, 0.25) is 0 Å². The van der Waals surface area contributed by atoms with Gasteiger partial charge in [-0.1, -0.05) is 59.5 Å². The van der Waals surface area contributed by atoms with E-state index in [4.69, 9.17) is 0 Å². The van der Waals surface area contributed by atoms with Crippen molar-refractivity contribution in [3.8, 4) is 0 Å². The first-order valence-corrected chi connectivity index (χ1v) is 9.26. The molecule has 0 fully saturated rings. The maximum atomic E-state index is 12.5. The number of ketones is 2. The van der Waals surface area contributed by atoms with Crippen LogP contribution in [0, 0.1) is 0 Å². The first-order valence-electron chi connectivity index (χ1n) is 9.26. The zero-order chi connectivity index (χ0) is 18.4. The van der Waals surface area contributed by atoms with Crippen LogP contribution in [0.5, 0.6) is 0 Å². The molecule has 2 nitrogen and oxygen atoms in total. The highest BCUT2D eigenvalue weighted by molar-refractivity contribution is 6.78. The molecular weight excluding hydrogens is 331 g/mol. The van der Waals surface area contributed by atoms with E-state index in [9.17, 15) is 9.59 Å². The maximum Gasteiger partial charge on any atom is 0.193 e. The first-order chi connectivity index (χ1) is 13.1. The monoisotopic (exact) mass is 346 g/mol. The minimum atomic E-state index is -0.000660. The van der Waals surface area contributed by atoms with Crippen molar-refractivity contribution in [2.75, 3.05) is 0 Å². The van der Waals surface area contributed by atoms with Crippen LogP contribution in [-0.2, 0) is 0 Å². The van der Waals surface area contributed by atoms with Crippen LogP contribution in [0.25, 0.3) is 43.1 Å². The molecule has 0 atom stereocenters. The van der Waals surface area contributed by atoms with Crippen molar-refractivity contribution >= 4 is 72.9 Å². The summed E-state index contributed by atoms with van der Waals surface area (Å²) in [5.74, 6) is 0.0108. The van der Waals surface area contributed by atoms with Crippen LogP contribution in [0.1, 0.15) is 34.6 Å². The van der Waals surface area contributed by atoms with E-state index in [2.05, 4.69) is 36.4 Å². The number of hydrogen-bond donors (Lipinski definition) is 0. The molecule has 5 aromatic carbocycles. The van der Waals surface area contributed by atoms with Crippen molar-refractivity contribution in [3.05, 3.63) is 59.7 Å². The molecule has 0 unspecified atom stereocenters. The summed E-state index contributed by atoms with van der Waals surface area (Å²) < 4.78 is 0. The molecule has 0 N–H and O–H groups in total. The molecule has 27 heavy (non-hydrogen) atoms. The molecule has 126 valence electrons. The normalized spacial score (nSPS) is 12.7. The average Bonchev–Trinajstić information content (AvgIpc) is 3.04. The fourth-order valence-electron chi connectivity index (χ4n) is 5.13. The Morgan fingerprint density at radius 2 is 1.41 bits per heavy atom. The first kappa shape index (κ1) is 14.9. The van der Waals surface area contributed by atoms with Gasteiger partial charge >= 0.3 is 0 Å². The topological polar surface area (TPSA) is 34.1 Å². The van der Waals surface area contributed by atoms with Crippen LogP contribution in [0.3, 0.4) is 0 Å². The second-order valence-electron chi connectivity index (χ2n) is 7.66. The Kier molecular flexibility index (Phi) is 2.62. The van der Waals surface area contributed by atoms with E-state index >= 15 is 0 Å². The zero-order valence-electron chi connectivity index (χ0n) is 15.1. The van der Waals surface area contributed by atoms with Crippen molar-refractivity contribution in [1.29, 1.82) is 0 Å². The lowest BCUT2D eigenvalue weighted by Crippen LogP contribution is -2.22. The molecule has 5 aromatic rings. The minimum Gasteiger partial charge on any atom is -0.294 e. The Labute approximate surface area is 156 Å². The van der Waals surface area contributed by atoms with Gasteiger partial charge in [-0.25, -0.2) is 0 Å². The smallest absolute Gasteiger partial charge is 0.193 e. The van der Waals surface area contributed by atoms with Gasteiger partial charge in [-0.2, -0.15) is 0 Å². The Morgan fingerprint density at radius 3 is 2.19 bits per heavy atom. The second kappa shape index (κ2) is 4.74. The molecular formula is C24H15BO2. The van der Waals surface area contributed by atoms with Gasteiger partial charge in [0.2, 0.25) is 0 Å². The SMILES string of the molecule is CC(=O)c1ccc2c3cccc4ccc5c(c6c(cc(C(C)=O)c1c26)B5)c43. The second-order valence-corrected chi connectivity index (χ2v) is 7.66. The molecule has 1 heterocycles. The van der Waals surface area contributed by atoms with Gasteiger partial charge in [0.25, 0.3) is 0 Å². The molecule has 3 heteroatoms. The lowest BCUT2D eigenvalue weighted by molar-refractivity contribution is 0.101. The number of carbonyl (C=O) groups is 2. The highest BCUT2D eigenvalue weighted by atomic mass is 16.1. The van der Waals surface area contributed by atoms with E-state index in [1.54, 1.807) is 13.8 Å². The summed E-state index contributed by atoms with van der Waals surface area (Å²) in [5.41, 5.74) is 3.82. The van der Waals surface area contributed by atoms with Crippen LogP contribution in [0.15, 0.2) is 48.5 Å². The van der Waals surface area contributed by atoms with Crippen molar-refractivity contribution < 1.29 is 9.59 Å². The lowest BCUT2D eigenvalue weighted by atomic mass is 9.66. The maximum absolute atomic E-state index is 12.5. The summed E-state index contributed by atoms with van der Waals surface area (Å²) in [7, 11) is 0.842. The third-order valence-corrected chi connectivity index (χ3v) is 6.18. The number of hydrogen-bond acceptors (Lipinski definition) is 2. The van der Waals surface area contributed by atoms with Crippen LogP contribution >= 0.6 is 0 Å². The van der Waals surface area contributed by atoms with Crippen LogP contribution < -0.4 is 10.9 Å². The molecule has 1 aliphatic heterocycles. The summed E-state index contributed by atoms with van der Waals surface area (Å²) in [6.07, 6.45) is 0. The van der Waals surface area contributed by atoms with Gasteiger partial charge in [0.1, 0.15) is 0 Å². The number of rotatable bonds is 2. The van der Waals surface area contributed by atoms with E-state index in [1.165, 1.54) is 37.9 Å². The van der Waals surface area contributed by atoms with Crippen molar-refractivity contribution in [3.63, 3.8) is 0 Å². The third-order valence-electron chi connectivity index (χ3n) is 6.18. The summed E-state index contributed by atoms with van der Waals surface area (Å²) >= 11 is 0. The summed E-state index contributed by atoms with van der Waals surface area (Å²) in [5, 5.41) is 9.30. The summed E-state index contributed by atoms with van der Waals surface area (Å²) in [6, 6.07) is 16.8. The van der Waals surface area contributed by atoms with E-state index in [0.29, 0.717) is 11.1 Å². The predicted octanol–water partition coefficient (Wildman–Crippen LogP) is 3.84. The van der Waals surface area contributed by atoms with E-state index in [0.717, 1.165) is 23.4 Å². The Balaban J connectivity index is 2.06. The summed E-state index contributed by atoms with van der Waals surface area (Å²) in [4.78, 5) is 24.9. The van der Waals surface area contributed by atoms with Gasteiger partial charge in [-0.05, 0) is 51.6 Å². The number of carbonyl (C=O) groups excluding carboxylic acids is 2. The van der Waals surface area contributed by atoms with Crippen LogP contribution in [0.4, 0.5) is 0 Å². The van der Waals surface area contributed by atoms with Gasteiger partial charge in [0, 0.05) is 16.5 Å². The highest BCUT2D eigenvalue weighted by Crippen LogP contribution is 2.42. The van der Waals surface area contributed by atoms with Crippen LogP contribution in [-0.4, -0.2) is 18.8 Å². The molecule has 0 spiro atoms. The fraction of sp³-hybridized carbons (Fsp3) is 0.0833. The molecule has 0 bridgehead atoms. The van der Waals surface area contributed by atoms with Gasteiger partial charge < -0.3 is 0 Å². The van der Waals surface area contributed by atoms with Gasteiger partial charge in [0.05, 0.1) is 0 Å². The minimum absolute atomic E-state index is 0.000660. The zero-order valence-corrected chi connectivity index (χ0v) is 15.1. The fourth-order valence-corrected chi connectivity index (χ4v) is 5.13. The highest BCUT2D eigenvalue weighted by Gasteiger charge is 2.27. The largest absolute Gasteiger partial charge is 0.294 e.